The monoisotopic (exact) mass is 498 g/mol. The lowest BCUT2D eigenvalue weighted by atomic mass is 10.1. The van der Waals surface area contributed by atoms with Crippen LogP contribution in [0, 0.1) is 0 Å². The van der Waals surface area contributed by atoms with Crippen LogP contribution >= 0.6 is 24.0 Å². The molecule has 0 unspecified atom stereocenters. The molecule has 1 aliphatic heterocycles. The largest absolute Gasteiger partial charge is 0.385 e. The molecule has 0 saturated carbocycles. The average Bonchev–Trinajstić information content (AvgIpc) is 2.68. The maximum absolute atomic E-state index is 5.96. The summed E-state index contributed by atoms with van der Waals surface area (Å²) in [6.45, 7) is 15.6. The van der Waals surface area contributed by atoms with Gasteiger partial charge in [0, 0.05) is 46.5 Å². The van der Waals surface area contributed by atoms with Crippen LogP contribution < -0.4 is 5.32 Å². The van der Waals surface area contributed by atoms with E-state index in [1.807, 2.05) is 0 Å². The fourth-order valence-corrected chi connectivity index (χ4v) is 3.29. The lowest BCUT2D eigenvalue weighted by molar-refractivity contribution is 0.00990. The van der Waals surface area contributed by atoms with Crippen molar-refractivity contribution in [1.82, 2.24) is 15.1 Å². The molecule has 0 spiro atoms. The minimum Gasteiger partial charge on any atom is -0.385 e. The van der Waals surface area contributed by atoms with Crippen LogP contribution in [0.5, 0.6) is 0 Å². The topological polar surface area (TPSA) is 49.3 Å². The van der Waals surface area contributed by atoms with E-state index in [-0.39, 0.29) is 24.0 Å². The van der Waals surface area contributed by atoms with Gasteiger partial charge in [-0.05, 0) is 58.7 Å². The lowest BCUT2D eigenvalue weighted by Gasteiger charge is -2.34. The summed E-state index contributed by atoms with van der Waals surface area (Å²) >= 11 is 0. The number of halogens is 1. The molecule has 1 heterocycles. The van der Waals surface area contributed by atoms with Gasteiger partial charge < -0.3 is 24.6 Å². The van der Waals surface area contributed by atoms with Gasteiger partial charge in [0.2, 0.25) is 0 Å². The second-order valence-electron chi connectivity index (χ2n) is 6.87. The molecule has 0 aromatic rings. The Morgan fingerprint density at radius 3 is 2.37 bits per heavy atom. The summed E-state index contributed by atoms with van der Waals surface area (Å²) in [7, 11) is 1.74. The van der Waals surface area contributed by atoms with Gasteiger partial charge in [-0.1, -0.05) is 13.8 Å². The Balaban J connectivity index is 0.00000676. The number of nitrogens with zero attached hydrogens (tertiary/aromatic N) is 3. The van der Waals surface area contributed by atoms with E-state index in [2.05, 4.69) is 35.9 Å². The van der Waals surface area contributed by atoms with Crippen LogP contribution in [0.25, 0.3) is 0 Å². The second kappa shape index (κ2) is 17.9. The quantitative estimate of drug-likeness (QED) is 0.183. The molecular weight excluding hydrogens is 455 g/mol. The van der Waals surface area contributed by atoms with E-state index in [0.29, 0.717) is 6.10 Å². The molecule has 1 fully saturated rings. The van der Waals surface area contributed by atoms with E-state index in [9.17, 15) is 0 Å². The van der Waals surface area contributed by atoms with Gasteiger partial charge in [0.05, 0.1) is 6.10 Å². The third-order valence-corrected chi connectivity index (χ3v) is 4.96. The van der Waals surface area contributed by atoms with Crippen LogP contribution in [0.3, 0.4) is 0 Å². The van der Waals surface area contributed by atoms with Crippen LogP contribution in [-0.2, 0) is 9.47 Å². The van der Waals surface area contributed by atoms with Gasteiger partial charge in [-0.15, -0.1) is 24.0 Å². The summed E-state index contributed by atoms with van der Waals surface area (Å²) in [5.74, 6) is 1.08. The minimum atomic E-state index is 0. The molecule has 0 aromatic carbocycles. The normalized spacial score (nSPS) is 15.9. The fourth-order valence-electron chi connectivity index (χ4n) is 3.29. The molecule has 162 valence electrons. The number of guanidine groups is 1. The smallest absolute Gasteiger partial charge is 0.193 e. The predicted octanol–water partition coefficient (Wildman–Crippen LogP) is 3.21. The Kier molecular flexibility index (Phi) is 17.9. The molecular formula is C20H43IN4O2. The Bertz CT molecular complexity index is 360. The number of methoxy groups -OCH3 is 1. The first-order valence-corrected chi connectivity index (χ1v) is 10.6. The van der Waals surface area contributed by atoms with E-state index >= 15 is 0 Å². The van der Waals surface area contributed by atoms with Crippen molar-refractivity contribution in [2.24, 2.45) is 4.99 Å². The van der Waals surface area contributed by atoms with Crippen molar-refractivity contribution >= 4 is 29.9 Å². The number of likely N-dealkylation sites (tertiary alicyclic amines) is 1. The van der Waals surface area contributed by atoms with Crippen molar-refractivity contribution in [3.8, 4) is 0 Å². The maximum Gasteiger partial charge on any atom is 0.193 e. The van der Waals surface area contributed by atoms with Crippen LogP contribution in [0.1, 0.15) is 52.9 Å². The highest BCUT2D eigenvalue weighted by atomic mass is 127. The van der Waals surface area contributed by atoms with Crippen molar-refractivity contribution < 1.29 is 9.47 Å². The zero-order chi connectivity index (χ0) is 19.0. The molecule has 0 amide bonds. The summed E-state index contributed by atoms with van der Waals surface area (Å²) in [5, 5.41) is 3.46. The minimum absolute atomic E-state index is 0. The number of ether oxygens (including phenoxy) is 2. The van der Waals surface area contributed by atoms with E-state index in [1.54, 1.807) is 7.11 Å². The predicted molar refractivity (Wildman–Crippen MR) is 125 cm³/mol. The molecule has 27 heavy (non-hydrogen) atoms. The van der Waals surface area contributed by atoms with Crippen molar-refractivity contribution in [3.63, 3.8) is 0 Å². The second-order valence-corrected chi connectivity index (χ2v) is 6.87. The lowest BCUT2D eigenvalue weighted by Crippen LogP contribution is -2.47. The summed E-state index contributed by atoms with van der Waals surface area (Å²) < 4.78 is 11.0. The van der Waals surface area contributed by atoms with Crippen LogP contribution in [0.2, 0.25) is 0 Å². The van der Waals surface area contributed by atoms with Crippen LogP contribution in [-0.4, -0.2) is 88.0 Å². The van der Waals surface area contributed by atoms with Gasteiger partial charge in [-0.2, -0.15) is 0 Å². The average molecular weight is 498 g/mol. The van der Waals surface area contributed by atoms with E-state index in [1.165, 1.54) is 13.0 Å². The van der Waals surface area contributed by atoms with Crippen molar-refractivity contribution in [2.75, 3.05) is 66.1 Å². The van der Waals surface area contributed by atoms with Gasteiger partial charge in [-0.25, -0.2) is 0 Å². The summed E-state index contributed by atoms with van der Waals surface area (Å²) in [6, 6.07) is 0. The zero-order valence-electron chi connectivity index (χ0n) is 18.0. The number of piperidine rings is 1. The molecule has 1 rings (SSSR count). The van der Waals surface area contributed by atoms with Gasteiger partial charge in [-0.3, -0.25) is 4.99 Å². The molecule has 0 atom stereocenters. The van der Waals surface area contributed by atoms with Crippen LogP contribution in [0.4, 0.5) is 0 Å². The van der Waals surface area contributed by atoms with Gasteiger partial charge >= 0.3 is 0 Å². The van der Waals surface area contributed by atoms with Crippen molar-refractivity contribution in [2.45, 2.75) is 59.0 Å². The number of hydrogen-bond donors (Lipinski definition) is 1. The first-order chi connectivity index (χ1) is 12.7. The van der Waals surface area contributed by atoms with Crippen LogP contribution in [0.15, 0.2) is 4.99 Å². The van der Waals surface area contributed by atoms with Gasteiger partial charge in [0.25, 0.3) is 0 Å². The van der Waals surface area contributed by atoms with E-state index in [4.69, 9.17) is 14.5 Å². The summed E-state index contributed by atoms with van der Waals surface area (Å²) in [6.07, 6.45) is 5.92. The Hall–Kier alpha value is -0.120. The van der Waals surface area contributed by atoms with Crippen molar-refractivity contribution in [3.05, 3.63) is 0 Å². The SMILES string of the molecule is CCNC(=NCCCCN(CC)CC)N1CCC(OCCCOC)CC1.I. The molecule has 0 radical (unpaired) electrons. The van der Waals surface area contributed by atoms with Crippen molar-refractivity contribution in [1.29, 1.82) is 0 Å². The first kappa shape index (κ1) is 26.9. The fraction of sp³-hybridized carbons (Fsp3) is 0.950. The number of hydrogen-bond acceptors (Lipinski definition) is 4. The molecule has 1 saturated heterocycles. The standard InChI is InChI=1S/C20H42N4O2.HI/c1-5-21-20(22-13-8-9-14-23(6-2)7-3)24-15-11-19(12-16-24)26-18-10-17-25-4;/h19H,5-18H2,1-4H3,(H,21,22);1H. The summed E-state index contributed by atoms with van der Waals surface area (Å²) in [5.41, 5.74) is 0. The van der Waals surface area contributed by atoms with E-state index in [0.717, 1.165) is 84.1 Å². The number of unbranched alkanes of at least 4 members (excludes halogenated alkanes) is 1. The molecule has 0 aliphatic carbocycles. The Morgan fingerprint density at radius 2 is 1.78 bits per heavy atom. The summed E-state index contributed by atoms with van der Waals surface area (Å²) in [4.78, 5) is 9.72. The molecule has 1 N–H and O–H groups in total. The maximum atomic E-state index is 5.96. The Morgan fingerprint density at radius 1 is 1.07 bits per heavy atom. The molecule has 6 nitrogen and oxygen atoms in total. The molecule has 1 aliphatic rings. The third kappa shape index (κ3) is 12.1. The van der Waals surface area contributed by atoms with Gasteiger partial charge in [0.1, 0.15) is 0 Å². The number of nitrogens with one attached hydrogen (secondary N) is 1. The number of rotatable bonds is 13. The third-order valence-electron chi connectivity index (χ3n) is 4.96. The first-order valence-electron chi connectivity index (χ1n) is 10.6. The molecule has 0 bridgehead atoms. The Labute approximate surface area is 184 Å². The van der Waals surface area contributed by atoms with E-state index < -0.39 is 0 Å². The number of aliphatic imine (C=N–C) groups is 1. The highest BCUT2D eigenvalue weighted by Gasteiger charge is 2.21. The molecule has 7 heteroatoms. The molecule has 0 aromatic heterocycles. The highest BCUT2D eigenvalue weighted by molar-refractivity contribution is 14.0. The van der Waals surface area contributed by atoms with Gasteiger partial charge in [0.15, 0.2) is 5.96 Å². The highest BCUT2D eigenvalue weighted by Crippen LogP contribution is 2.14. The zero-order valence-corrected chi connectivity index (χ0v) is 20.4.